The van der Waals surface area contributed by atoms with Crippen molar-refractivity contribution in [2.45, 2.75) is 31.1 Å². The molecule has 0 heterocycles. The number of halogens is 2. The van der Waals surface area contributed by atoms with Crippen molar-refractivity contribution in [1.29, 1.82) is 0 Å². The van der Waals surface area contributed by atoms with E-state index < -0.39 is 9.05 Å². The van der Waals surface area contributed by atoms with Gasteiger partial charge in [0.25, 0.3) is 9.05 Å². The molecule has 1 aliphatic rings. The lowest BCUT2D eigenvalue weighted by atomic mass is 9.97. The fraction of sp³-hybridized carbons (Fsp3) is 0.462. The van der Waals surface area contributed by atoms with Gasteiger partial charge >= 0.3 is 0 Å². The highest BCUT2D eigenvalue weighted by Crippen LogP contribution is 2.33. The molecule has 1 aromatic carbocycles. The molecular formula is C13H15Cl2NO3S. The second-order valence-corrected chi connectivity index (χ2v) is 8.03. The Kier molecular flexibility index (Phi) is 4.62. The van der Waals surface area contributed by atoms with Crippen molar-refractivity contribution in [2.24, 2.45) is 11.8 Å². The number of nitrogens with one attached hydrogen (secondary N) is 1. The van der Waals surface area contributed by atoms with E-state index in [1.54, 1.807) is 0 Å². The first-order valence-electron chi connectivity index (χ1n) is 6.34. The largest absolute Gasteiger partial charge is 0.326 e. The number of carbonyl (C=O) groups excluding carboxylic acids is 1. The number of rotatable bonds is 3. The van der Waals surface area contributed by atoms with Gasteiger partial charge in [-0.05, 0) is 37.0 Å². The van der Waals surface area contributed by atoms with Crippen LogP contribution in [-0.2, 0) is 13.8 Å². The van der Waals surface area contributed by atoms with Crippen molar-refractivity contribution in [3.05, 3.63) is 23.2 Å². The van der Waals surface area contributed by atoms with Crippen LogP contribution >= 0.6 is 22.3 Å². The van der Waals surface area contributed by atoms with Gasteiger partial charge in [-0.2, -0.15) is 0 Å². The summed E-state index contributed by atoms with van der Waals surface area (Å²) in [5, 5.41) is 2.77. The van der Waals surface area contributed by atoms with Crippen LogP contribution in [0, 0.1) is 11.8 Å². The summed E-state index contributed by atoms with van der Waals surface area (Å²) in [4.78, 5) is 12.0. The van der Waals surface area contributed by atoms with Crippen LogP contribution in [-0.4, -0.2) is 14.3 Å². The Bertz CT molecular complexity index is 631. The molecule has 20 heavy (non-hydrogen) atoms. The van der Waals surface area contributed by atoms with E-state index in [1.165, 1.54) is 18.2 Å². The molecule has 1 aromatic rings. The maximum atomic E-state index is 12.1. The average Bonchev–Trinajstić information content (AvgIpc) is 2.73. The van der Waals surface area contributed by atoms with Gasteiger partial charge in [0.05, 0.1) is 5.02 Å². The first kappa shape index (κ1) is 15.6. The number of hydrogen-bond acceptors (Lipinski definition) is 3. The molecule has 2 atom stereocenters. The van der Waals surface area contributed by atoms with Gasteiger partial charge in [-0.3, -0.25) is 4.79 Å². The zero-order valence-electron chi connectivity index (χ0n) is 10.9. The van der Waals surface area contributed by atoms with Crippen LogP contribution in [0.1, 0.15) is 26.2 Å². The lowest BCUT2D eigenvalue weighted by molar-refractivity contribution is -0.120. The first-order valence-corrected chi connectivity index (χ1v) is 9.03. The molecule has 0 bridgehead atoms. The van der Waals surface area contributed by atoms with E-state index in [0.717, 1.165) is 19.3 Å². The highest BCUT2D eigenvalue weighted by molar-refractivity contribution is 8.13. The van der Waals surface area contributed by atoms with Gasteiger partial charge in [0.1, 0.15) is 4.90 Å². The SMILES string of the molecule is CC1CCCC1C(=O)Nc1ccc(S(=O)(=O)Cl)c(Cl)c1. The summed E-state index contributed by atoms with van der Waals surface area (Å²) in [5.74, 6) is 0.325. The molecule has 4 nitrogen and oxygen atoms in total. The van der Waals surface area contributed by atoms with E-state index >= 15 is 0 Å². The normalized spacial score (nSPS) is 22.8. The zero-order chi connectivity index (χ0) is 14.9. The maximum absolute atomic E-state index is 12.1. The molecule has 0 radical (unpaired) electrons. The van der Waals surface area contributed by atoms with E-state index in [9.17, 15) is 13.2 Å². The molecule has 1 amide bonds. The third kappa shape index (κ3) is 3.45. The van der Waals surface area contributed by atoms with Crippen molar-refractivity contribution in [2.75, 3.05) is 5.32 Å². The highest BCUT2D eigenvalue weighted by Gasteiger charge is 2.29. The first-order chi connectivity index (χ1) is 9.29. The molecule has 1 saturated carbocycles. The van der Waals surface area contributed by atoms with E-state index in [1.807, 2.05) is 0 Å². The van der Waals surface area contributed by atoms with Crippen molar-refractivity contribution in [1.82, 2.24) is 0 Å². The van der Waals surface area contributed by atoms with Crippen LogP contribution in [0.3, 0.4) is 0 Å². The Labute approximate surface area is 127 Å². The van der Waals surface area contributed by atoms with E-state index in [0.29, 0.717) is 11.6 Å². The standard InChI is InChI=1S/C13H15Cl2NO3S/c1-8-3-2-4-10(8)13(17)16-9-5-6-12(11(14)7-9)20(15,18)19/h5-8,10H,2-4H2,1H3,(H,16,17). The van der Waals surface area contributed by atoms with E-state index in [4.69, 9.17) is 22.3 Å². The summed E-state index contributed by atoms with van der Waals surface area (Å²) in [7, 11) is 1.37. The van der Waals surface area contributed by atoms with Gasteiger partial charge in [0, 0.05) is 22.3 Å². The highest BCUT2D eigenvalue weighted by atomic mass is 35.7. The summed E-state index contributed by atoms with van der Waals surface area (Å²) >= 11 is 5.87. The second-order valence-electron chi connectivity index (χ2n) is 5.09. The lowest BCUT2D eigenvalue weighted by Crippen LogP contribution is -2.24. The molecule has 2 rings (SSSR count). The summed E-state index contributed by atoms with van der Waals surface area (Å²) < 4.78 is 22.5. The Morgan fingerprint density at radius 1 is 1.35 bits per heavy atom. The average molecular weight is 336 g/mol. The van der Waals surface area contributed by atoms with E-state index in [2.05, 4.69) is 12.2 Å². The molecule has 2 unspecified atom stereocenters. The van der Waals surface area contributed by atoms with Crippen molar-refractivity contribution in [3.63, 3.8) is 0 Å². The van der Waals surface area contributed by atoms with Gasteiger partial charge < -0.3 is 5.32 Å². The van der Waals surface area contributed by atoms with Crippen molar-refractivity contribution < 1.29 is 13.2 Å². The Hall–Kier alpha value is -0.780. The van der Waals surface area contributed by atoms with Gasteiger partial charge in [-0.1, -0.05) is 24.9 Å². The number of anilines is 1. The molecule has 1 fully saturated rings. The molecule has 7 heteroatoms. The van der Waals surface area contributed by atoms with Gasteiger partial charge in [0.15, 0.2) is 0 Å². The van der Waals surface area contributed by atoms with Crippen molar-refractivity contribution >= 4 is 42.9 Å². The second kappa shape index (κ2) is 5.92. The van der Waals surface area contributed by atoms with Crippen LogP contribution in [0.25, 0.3) is 0 Å². The predicted octanol–water partition coefficient (Wildman–Crippen LogP) is 3.64. The fourth-order valence-corrected chi connectivity index (χ4v) is 4.08. The molecule has 0 aromatic heterocycles. The van der Waals surface area contributed by atoms with Crippen LogP contribution < -0.4 is 5.32 Å². The number of benzene rings is 1. The summed E-state index contributed by atoms with van der Waals surface area (Å²) in [6.45, 7) is 2.06. The third-order valence-electron chi connectivity index (χ3n) is 3.66. The Morgan fingerprint density at radius 2 is 2.05 bits per heavy atom. The topological polar surface area (TPSA) is 63.2 Å². The number of amides is 1. The number of hydrogen-bond donors (Lipinski definition) is 1. The van der Waals surface area contributed by atoms with Gasteiger partial charge in [-0.15, -0.1) is 0 Å². The summed E-state index contributed by atoms with van der Waals surface area (Å²) in [5.41, 5.74) is 0.475. The summed E-state index contributed by atoms with van der Waals surface area (Å²) in [6.07, 6.45) is 3.00. The van der Waals surface area contributed by atoms with Crippen LogP contribution in [0.4, 0.5) is 5.69 Å². The monoisotopic (exact) mass is 335 g/mol. The van der Waals surface area contributed by atoms with Crippen LogP contribution in [0.15, 0.2) is 23.1 Å². The molecule has 0 spiro atoms. The zero-order valence-corrected chi connectivity index (χ0v) is 13.2. The van der Waals surface area contributed by atoms with Crippen LogP contribution in [0.2, 0.25) is 5.02 Å². The smallest absolute Gasteiger partial charge is 0.262 e. The van der Waals surface area contributed by atoms with E-state index in [-0.39, 0.29) is 21.7 Å². The molecule has 1 aliphatic carbocycles. The minimum atomic E-state index is -3.88. The Morgan fingerprint density at radius 3 is 2.55 bits per heavy atom. The Balaban J connectivity index is 2.15. The molecule has 110 valence electrons. The lowest BCUT2D eigenvalue weighted by Gasteiger charge is -2.15. The van der Waals surface area contributed by atoms with Gasteiger partial charge in [0.2, 0.25) is 5.91 Å². The maximum Gasteiger partial charge on any atom is 0.262 e. The summed E-state index contributed by atoms with van der Waals surface area (Å²) in [6, 6.07) is 4.17. The molecule has 0 aliphatic heterocycles. The molecule has 1 N–H and O–H groups in total. The number of carbonyl (C=O) groups is 1. The quantitative estimate of drug-likeness (QED) is 0.857. The molecular weight excluding hydrogens is 321 g/mol. The minimum Gasteiger partial charge on any atom is -0.326 e. The van der Waals surface area contributed by atoms with Crippen molar-refractivity contribution in [3.8, 4) is 0 Å². The van der Waals surface area contributed by atoms with Gasteiger partial charge in [-0.25, -0.2) is 8.42 Å². The fourth-order valence-electron chi connectivity index (χ4n) is 2.55. The third-order valence-corrected chi connectivity index (χ3v) is 5.47. The molecule has 0 saturated heterocycles. The van der Waals surface area contributed by atoms with Crippen LogP contribution in [0.5, 0.6) is 0 Å². The minimum absolute atomic E-state index is 0.00253. The predicted molar refractivity (Wildman–Crippen MR) is 79.6 cm³/mol.